The second-order valence-electron chi connectivity index (χ2n) is 6.47. The smallest absolute Gasteiger partial charge is 0.307 e. The summed E-state index contributed by atoms with van der Waals surface area (Å²) in [6.07, 6.45) is 0.0982. The Kier molecular flexibility index (Phi) is 7.75. The Morgan fingerprint density at radius 1 is 1.21 bits per heavy atom. The Morgan fingerprint density at radius 3 is 2.66 bits per heavy atom. The van der Waals surface area contributed by atoms with Gasteiger partial charge < -0.3 is 9.29 Å². The Morgan fingerprint density at radius 2 is 1.97 bits per heavy atom. The van der Waals surface area contributed by atoms with E-state index in [4.69, 9.17) is 16.3 Å². The third kappa shape index (κ3) is 6.07. The standard InChI is InChI=1S/C22H22ClNO3S2/c1-3-27-22(25)14-19(24-29(26)18-9-7-15(2)8-10-18)21-12-11-20(28-21)16-5-4-6-17(23)13-16/h4-13,19,24H,3,14H2,1-2H3/t19-,29+/m0/s1. The molecule has 2 aromatic carbocycles. The monoisotopic (exact) mass is 447 g/mol. The Labute approximate surface area is 183 Å². The van der Waals surface area contributed by atoms with Crippen molar-refractivity contribution < 1.29 is 14.1 Å². The quantitative estimate of drug-likeness (QED) is 0.356. The van der Waals surface area contributed by atoms with Crippen LogP contribution in [0.3, 0.4) is 0 Å². The maximum Gasteiger partial charge on any atom is 0.307 e. The molecule has 0 bridgehead atoms. The summed E-state index contributed by atoms with van der Waals surface area (Å²) in [4.78, 5) is 14.7. The molecular weight excluding hydrogens is 426 g/mol. The summed E-state index contributed by atoms with van der Waals surface area (Å²) in [7, 11) is 0. The van der Waals surface area contributed by atoms with Crippen LogP contribution in [0.25, 0.3) is 10.4 Å². The fraction of sp³-hybridized carbons (Fsp3) is 0.227. The average molecular weight is 448 g/mol. The minimum absolute atomic E-state index is 0.0982. The molecule has 0 aliphatic rings. The second kappa shape index (κ2) is 10.3. The number of rotatable bonds is 8. The van der Waals surface area contributed by atoms with Crippen LogP contribution in [0.15, 0.2) is 65.6 Å². The molecule has 0 amide bonds. The predicted octanol–water partition coefficient (Wildman–Crippen LogP) is 5.68. The molecule has 29 heavy (non-hydrogen) atoms. The normalized spacial score (nSPS) is 13.1. The summed E-state index contributed by atoms with van der Waals surface area (Å²) in [6.45, 7) is 4.06. The van der Waals surface area contributed by atoms with Gasteiger partial charge in [-0.05, 0) is 55.8 Å². The van der Waals surface area contributed by atoms with Crippen molar-refractivity contribution in [2.75, 3.05) is 6.61 Å². The van der Waals surface area contributed by atoms with E-state index in [2.05, 4.69) is 4.72 Å². The molecule has 0 unspecified atom stereocenters. The molecule has 0 saturated carbocycles. The molecule has 0 saturated heterocycles. The van der Waals surface area contributed by atoms with Crippen molar-refractivity contribution in [3.05, 3.63) is 76.1 Å². The van der Waals surface area contributed by atoms with Gasteiger partial charge in [0.05, 0.1) is 30.4 Å². The van der Waals surface area contributed by atoms with Gasteiger partial charge in [0.1, 0.15) is 0 Å². The molecule has 1 aromatic heterocycles. The maximum atomic E-state index is 12.8. The van der Waals surface area contributed by atoms with Crippen LogP contribution in [-0.4, -0.2) is 17.1 Å². The number of thiophene rings is 1. The first-order valence-corrected chi connectivity index (χ1v) is 11.6. The van der Waals surface area contributed by atoms with Gasteiger partial charge in [0.2, 0.25) is 0 Å². The average Bonchev–Trinajstić information content (AvgIpc) is 3.18. The molecule has 0 spiro atoms. The minimum Gasteiger partial charge on any atom is -0.593 e. The Hall–Kier alpha value is -1.83. The molecule has 0 fully saturated rings. The topological polar surface area (TPSA) is 61.4 Å². The molecule has 0 aliphatic carbocycles. The van der Waals surface area contributed by atoms with Crippen molar-refractivity contribution in [2.24, 2.45) is 0 Å². The lowest BCUT2D eigenvalue weighted by Crippen LogP contribution is -2.30. The van der Waals surface area contributed by atoms with E-state index in [1.54, 1.807) is 6.92 Å². The minimum atomic E-state index is -1.45. The molecule has 3 aromatic rings. The number of carbonyl (C=O) groups excluding carboxylic acids is 1. The number of carbonyl (C=O) groups is 1. The zero-order chi connectivity index (χ0) is 20.8. The highest BCUT2D eigenvalue weighted by molar-refractivity contribution is 7.89. The van der Waals surface area contributed by atoms with Gasteiger partial charge in [-0.3, -0.25) is 4.79 Å². The summed E-state index contributed by atoms with van der Waals surface area (Å²) in [5, 5.41) is 0.666. The van der Waals surface area contributed by atoms with Gasteiger partial charge in [0.25, 0.3) is 0 Å². The fourth-order valence-electron chi connectivity index (χ4n) is 2.78. The number of benzene rings is 2. The van der Waals surface area contributed by atoms with E-state index in [0.717, 1.165) is 20.9 Å². The Balaban J connectivity index is 1.83. The molecular formula is C22H22ClNO3S2. The van der Waals surface area contributed by atoms with Gasteiger partial charge in [-0.15, -0.1) is 16.1 Å². The highest BCUT2D eigenvalue weighted by Crippen LogP contribution is 2.34. The third-order valence-electron chi connectivity index (χ3n) is 4.24. The van der Waals surface area contributed by atoms with Crippen LogP contribution < -0.4 is 4.72 Å². The number of nitrogens with one attached hydrogen (secondary N) is 1. The fourth-order valence-corrected chi connectivity index (χ4v) is 5.09. The zero-order valence-electron chi connectivity index (χ0n) is 16.2. The summed E-state index contributed by atoms with van der Waals surface area (Å²) in [6, 6.07) is 18.6. The van der Waals surface area contributed by atoms with Crippen LogP contribution in [0.4, 0.5) is 0 Å². The van der Waals surface area contributed by atoms with Gasteiger partial charge in [-0.25, -0.2) is 0 Å². The molecule has 152 valence electrons. The SMILES string of the molecule is CCOC(=O)C[C@H](N[S@+]([O-])c1ccc(C)cc1)c1ccc(-c2cccc(Cl)c2)s1. The van der Waals surface area contributed by atoms with Gasteiger partial charge in [0.15, 0.2) is 4.90 Å². The Bertz CT molecular complexity index is 959. The lowest BCUT2D eigenvalue weighted by molar-refractivity contribution is -0.143. The van der Waals surface area contributed by atoms with E-state index < -0.39 is 17.4 Å². The largest absolute Gasteiger partial charge is 0.593 e. The first-order chi connectivity index (χ1) is 14.0. The van der Waals surface area contributed by atoms with E-state index in [0.29, 0.717) is 16.5 Å². The third-order valence-corrected chi connectivity index (χ3v) is 6.92. The van der Waals surface area contributed by atoms with Gasteiger partial charge in [-0.2, -0.15) is 0 Å². The molecule has 0 aliphatic heterocycles. The lowest BCUT2D eigenvalue weighted by atomic mass is 10.1. The van der Waals surface area contributed by atoms with Gasteiger partial charge >= 0.3 is 5.97 Å². The van der Waals surface area contributed by atoms with Crippen molar-refractivity contribution in [1.29, 1.82) is 0 Å². The van der Waals surface area contributed by atoms with E-state index in [1.807, 2.05) is 67.6 Å². The molecule has 1 N–H and O–H groups in total. The number of hydrogen-bond donors (Lipinski definition) is 1. The van der Waals surface area contributed by atoms with E-state index in [1.165, 1.54) is 11.3 Å². The molecule has 0 radical (unpaired) electrons. The van der Waals surface area contributed by atoms with Crippen molar-refractivity contribution in [2.45, 2.75) is 31.2 Å². The van der Waals surface area contributed by atoms with E-state index >= 15 is 0 Å². The van der Waals surface area contributed by atoms with E-state index in [9.17, 15) is 9.35 Å². The molecule has 2 atom stereocenters. The lowest BCUT2D eigenvalue weighted by Gasteiger charge is -2.18. The van der Waals surface area contributed by atoms with Crippen LogP contribution in [0, 0.1) is 6.92 Å². The van der Waals surface area contributed by atoms with Crippen molar-refractivity contribution >= 4 is 40.3 Å². The maximum absolute atomic E-state index is 12.8. The van der Waals surface area contributed by atoms with Crippen LogP contribution in [0.2, 0.25) is 5.02 Å². The molecule has 4 nitrogen and oxygen atoms in total. The van der Waals surface area contributed by atoms with Crippen molar-refractivity contribution in [3.8, 4) is 10.4 Å². The van der Waals surface area contributed by atoms with E-state index in [-0.39, 0.29) is 12.4 Å². The van der Waals surface area contributed by atoms with Crippen molar-refractivity contribution in [1.82, 2.24) is 4.72 Å². The molecule has 7 heteroatoms. The summed E-state index contributed by atoms with van der Waals surface area (Å²) in [5.41, 5.74) is 2.10. The number of hydrogen-bond acceptors (Lipinski definition) is 5. The number of aryl methyl sites for hydroxylation is 1. The highest BCUT2D eigenvalue weighted by Gasteiger charge is 2.25. The second-order valence-corrected chi connectivity index (χ2v) is 9.27. The molecule has 1 heterocycles. The van der Waals surface area contributed by atoms with Gasteiger partial charge in [0, 0.05) is 14.8 Å². The van der Waals surface area contributed by atoms with Crippen molar-refractivity contribution in [3.63, 3.8) is 0 Å². The van der Waals surface area contributed by atoms with Crippen LogP contribution in [0.5, 0.6) is 0 Å². The number of ether oxygens (including phenoxy) is 1. The van der Waals surface area contributed by atoms with Crippen LogP contribution in [-0.2, 0) is 20.9 Å². The summed E-state index contributed by atoms with van der Waals surface area (Å²) < 4.78 is 21.0. The van der Waals surface area contributed by atoms with Crippen LogP contribution >= 0.6 is 22.9 Å². The predicted molar refractivity (Wildman–Crippen MR) is 119 cm³/mol. The highest BCUT2D eigenvalue weighted by atomic mass is 35.5. The van der Waals surface area contributed by atoms with Crippen LogP contribution in [0.1, 0.15) is 29.8 Å². The zero-order valence-corrected chi connectivity index (χ0v) is 18.6. The number of esters is 1. The van der Waals surface area contributed by atoms with Gasteiger partial charge in [-0.1, -0.05) is 41.4 Å². The molecule has 3 rings (SSSR count). The first-order valence-electron chi connectivity index (χ1n) is 9.22. The summed E-state index contributed by atoms with van der Waals surface area (Å²) in [5.74, 6) is -0.330. The first kappa shape index (κ1) is 21.9. The summed E-state index contributed by atoms with van der Waals surface area (Å²) >= 11 is 6.19. The number of halogens is 1.